The lowest BCUT2D eigenvalue weighted by atomic mass is 10.5. The van der Waals surface area contributed by atoms with E-state index in [0.717, 1.165) is 5.69 Å². The third-order valence-electron chi connectivity index (χ3n) is 1.76. The van der Waals surface area contributed by atoms with Gasteiger partial charge in [-0.1, -0.05) is 23.2 Å². The van der Waals surface area contributed by atoms with Gasteiger partial charge in [0, 0.05) is 5.38 Å². The molecule has 2 rings (SSSR count). The van der Waals surface area contributed by atoms with Gasteiger partial charge >= 0.3 is 0 Å². The van der Waals surface area contributed by atoms with E-state index in [0.29, 0.717) is 6.54 Å². The van der Waals surface area contributed by atoms with E-state index >= 15 is 0 Å². The predicted octanol–water partition coefficient (Wildman–Crippen LogP) is 2.05. The maximum atomic E-state index is 11.6. The second-order valence-corrected chi connectivity index (χ2v) is 4.22. The van der Waals surface area contributed by atoms with E-state index in [1.54, 1.807) is 5.51 Å². The van der Waals surface area contributed by atoms with E-state index in [1.165, 1.54) is 22.2 Å². The first-order chi connectivity index (χ1) is 7.18. The first kappa shape index (κ1) is 10.6. The van der Waals surface area contributed by atoms with Crippen molar-refractivity contribution in [3.63, 3.8) is 0 Å². The van der Waals surface area contributed by atoms with Crippen LogP contribution >= 0.6 is 34.5 Å². The van der Waals surface area contributed by atoms with Crippen molar-refractivity contribution in [3.05, 3.63) is 43.4 Å². The van der Waals surface area contributed by atoms with Gasteiger partial charge in [-0.2, -0.15) is 0 Å². The highest BCUT2D eigenvalue weighted by Crippen LogP contribution is 2.13. The van der Waals surface area contributed by atoms with Crippen molar-refractivity contribution in [2.45, 2.75) is 6.54 Å². The summed E-state index contributed by atoms with van der Waals surface area (Å²) >= 11 is 12.7. The molecule has 0 atom stereocenters. The fraction of sp³-hybridized carbons (Fsp3) is 0.125. The van der Waals surface area contributed by atoms with Crippen LogP contribution in [0, 0.1) is 0 Å². The van der Waals surface area contributed by atoms with Gasteiger partial charge in [-0.15, -0.1) is 11.3 Å². The minimum Gasteiger partial charge on any atom is -0.292 e. The second kappa shape index (κ2) is 4.30. The molecule has 0 saturated carbocycles. The molecule has 4 nitrogen and oxygen atoms in total. The molecule has 15 heavy (non-hydrogen) atoms. The molecule has 0 radical (unpaired) electrons. The highest BCUT2D eigenvalue weighted by atomic mass is 35.5. The van der Waals surface area contributed by atoms with Gasteiger partial charge in [-0.3, -0.25) is 9.36 Å². The summed E-state index contributed by atoms with van der Waals surface area (Å²) in [6.07, 6.45) is 1.36. The smallest absolute Gasteiger partial charge is 0.274 e. The van der Waals surface area contributed by atoms with Gasteiger partial charge < -0.3 is 0 Å². The molecular weight excluding hydrogens is 257 g/mol. The van der Waals surface area contributed by atoms with Crippen LogP contribution in [0.25, 0.3) is 0 Å². The highest BCUT2D eigenvalue weighted by Gasteiger charge is 2.07. The number of aromatic nitrogens is 3. The summed E-state index contributed by atoms with van der Waals surface area (Å²) < 4.78 is 1.36. The van der Waals surface area contributed by atoms with Crippen LogP contribution in [0.3, 0.4) is 0 Å². The molecule has 7 heteroatoms. The molecule has 2 aromatic rings. The lowest BCUT2D eigenvalue weighted by Gasteiger charge is -2.03. The number of halogens is 2. The van der Waals surface area contributed by atoms with Gasteiger partial charge in [-0.05, 0) is 0 Å². The van der Waals surface area contributed by atoms with Crippen LogP contribution in [0.5, 0.6) is 0 Å². The second-order valence-electron chi connectivity index (χ2n) is 2.76. The van der Waals surface area contributed by atoms with Crippen molar-refractivity contribution in [2.75, 3.05) is 0 Å². The number of nitrogens with zero attached hydrogens (tertiary/aromatic N) is 3. The Morgan fingerprint density at radius 2 is 2.20 bits per heavy atom. The largest absolute Gasteiger partial charge is 0.292 e. The fourth-order valence-corrected chi connectivity index (χ4v) is 1.88. The number of rotatable bonds is 2. The molecule has 0 spiro atoms. The van der Waals surface area contributed by atoms with Crippen LogP contribution in [0.2, 0.25) is 10.2 Å². The summed E-state index contributed by atoms with van der Waals surface area (Å²) in [6, 6.07) is 0. The monoisotopic (exact) mass is 261 g/mol. The first-order valence-corrected chi connectivity index (χ1v) is 5.66. The number of hydrogen-bond acceptors (Lipinski definition) is 4. The van der Waals surface area contributed by atoms with Gasteiger partial charge in [0.15, 0.2) is 5.15 Å². The minimum absolute atomic E-state index is 0.0243. The Kier molecular flexibility index (Phi) is 3.04. The molecule has 2 heterocycles. The maximum Gasteiger partial charge on any atom is 0.274 e. The molecule has 0 fully saturated rings. The van der Waals surface area contributed by atoms with Crippen molar-refractivity contribution in [2.24, 2.45) is 0 Å². The molecule has 0 amide bonds. The van der Waals surface area contributed by atoms with E-state index in [2.05, 4.69) is 9.97 Å². The zero-order chi connectivity index (χ0) is 10.8. The van der Waals surface area contributed by atoms with Crippen LogP contribution in [0.4, 0.5) is 0 Å². The zero-order valence-electron chi connectivity index (χ0n) is 7.35. The Hall–Kier alpha value is -0.910. The Morgan fingerprint density at radius 1 is 1.40 bits per heavy atom. The molecule has 0 aliphatic heterocycles. The lowest BCUT2D eigenvalue weighted by molar-refractivity contribution is 0.723. The molecule has 0 N–H and O–H groups in total. The average molecular weight is 262 g/mol. The molecule has 0 saturated heterocycles. The Labute approximate surface area is 99.1 Å². The van der Waals surface area contributed by atoms with Crippen molar-refractivity contribution in [1.82, 2.24) is 14.5 Å². The molecule has 78 valence electrons. The Balaban J connectivity index is 2.38. The molecular formula is C8H5Cl2N3OS. The average Bonchev–Trinajstić information content (AvgIpc) is 2.72. The normalized spacial score (nSPS) is 10.5. The topological polar surface area (TPSA) is 47.8 Å². The maximum absolute atomic E-state index is 11.6. The highest BCUT2D eigenvalue weighted by molar-refractivity contribution is 7.07. The molecule has 0 aromatic carbocycles. The van der Waals surface area contributed by atoms with E-state index in [4.69, 9.17) is 23.2 Å². The molecule has 2 aromatic heterocycles. The molecule has 0 unspecified atom stereocenters. The number of hydrogen-bond donors (Lipinski definition) is 0. The van der Waals surface area contributed by atoms with E-state index in [1.807, 2.05) is 5.38 Å². The molecule has 0 bridgehead atoms. The van der Waals surface area contributed by atoms with Crippen molar-refractivity contribution in [1.29, 1.82) is 0 Å². The van der Waals surface area contributed by atoms with Crippen LogP contribution < -0.4 is 5.56 Å². The van der Waals surface area contributed by atoms with Gasteiger partial charge in [0.25, 0.3) is 5.56 Å². The Bertz CT molecular complexity index is 523. The van der Waals surface area contributed by atoms with Gasteiger partial charge in [0.05, 0.1) is 24.1 Å². The predicted molar refractivity (Wildman–Crippen MR) is 59.7 cm³/mol. The van der Waals surface area contributed by atoms with Crippen LogP contribution in [0.15, 0.2) is 22.0 Å². The summed E-state index contributed by atoms with van der Waals surface area (Å²) in [4.78, 5) is 19.4. The first-order valence-electron chi connectivity index (χ1n) is 3.96. The van der Waals surface area contributed by atoms with E-state index in [-0.39, 0.29) is 15.7 Å². The molecule has 0 aliphatic carbocycles. The Morgan fingerprint density at radius 3 is 2.87 bits per heavy atom. The van der Waals surface area contributed by atoms with Gasteiger partial charge in [0.1, 0.15) is 5.02 Å². The SMILES string of the molecule is O=c1c(Cl)c(Cl)ncn1Cc1cscn1. The lowest BCUT2D eigenvalue weighted by Crippen LogP contribution is -2.21. The third kappa shape index (κ3) is 2.19. The summed E-state index contributed by atoms with van der Waals surface area (Å²) in [6.45, 7) is 0.353. The van der Waals surface area contributed by atoms with Crippen molar-refractivity contribution < 1.29 is 0 Å². The summed E-state index contributed by atoms with van der Waals surface area (Å²) in [5.41, 5.74) is 2.14. The standard InChI is InChI=1S/C8H5Cl2N3OS/c9-6-7(10)11-3-13(8(6)14)1-5-2-15-4-12-5/h2-4H,1H2. The van der Waals surface area contributed by atoms with Crippen LogP contribution in [0.1, 0.15) is 5.69 Å². The van der Waals surface area contributed by atoms with Crippen LogP contribution in [-0.4, -0.2) is 14.5 Å². The minimum atomic E-state index is -0.357. The summed E-state index contributed by atoms with van der Waals surface area (Å²) in [5.74, 6) is 0. The number of thiazole rings is 1. The quantitative estimate of drug-likeness (QED) is 0.778. The van der Waals surface area contributed by atoms with E-state index < -0.39 is 0 Å². The third-order valence-corrected chi connectivity index (χ3v) is 3.12. The summed E-state index contributed by atoms with van der Waals surface area (Å²) in [5, 5.41) is 1.82. The van der Waals surface area contributed by atoms with Crippen LogP contribution in [-0.2, 0) is 6.54 Å². The molecule has 0 aliphatic rings. The van der Waals surface area contributed by atoms with Crippen molar-refractivity contribution in [3.8, 4) is 0 Å². The van der Waals surface area contributed by atoms with E-state index in [9.17, 15) is 4.79 Å². The fourth-order valence-electron chi connectivity index (χ4n) is 1.05. The van der Waals surface area contributed by atoms with Gasteiger partial charge in [-0.25, -0.2) is 9.97 Å². The zero-order valence-corrected chi connectivity index (χ0v) is 9.68. The summed E-state index contributed by atoms with van der Waals surface area (Å²) in [7, 11) is 0. The van der Waals surface area contributed by atoms with Gasteiger partial charge in [0.2, 0.25) is 0 Å². The van der Waals surface area contributed by atoms with Crippen molar-refractivity contribution >= 4 is 34.5 Å².